The van der Waals surface area contributed by atoms with Crippen molar-refractivity contribution in [2.24, 2.45) is 0 Å². The fraction of sp³-hybridized carbons (Fsp3) is 0.261. The first-order valence-corrected chi connectivity index (χ1v) is 10.4. The number of amides is 1. The lowest BCUT2D eigenvalue weighted by atomic mass is 10.0. The molecule has 0 spiro atoms. The van der Waals surface area contributed by atoms with Crippen molar-refractivity contribution in [2.45, 2.75) is 25.8 Å². The lowest BCUT2D eigenvalue weighted by Crippen LogP contribution is -2.28. The molecule has 0 bridgehead atoms. The summed E-state index contributed by atoms with van der Waals surface area (Å²) < 4.78 is 16.2. The summed E-state index contributed by atoms with van der Waals surface area (Å²) in [4.78, 5) is 31.0. The minimum atomic E-state index is -0.566. The van der Waals surface area contributed by atoms with Gasteiger partial charge in [0.2, 0.25) is 0 Å². The monoisotopic (exact) mass is 430 g/mol. The maximum absolute atomic E-state index is 14.7. The standard InChI is InChI=1S/C23H19FN6O2/c24-16-6-3-4-14(11-25)21(16)17-10-19(22-18(27-17)12-26-23(22)32)30-9-7-20(28-30)29-8-2-1-5-15(31)13-29/h3-4,6-7,9-10H,1-2,5,8,12-13H2,(H,26,32). The summed E-state index contributed by atoms with van der Waals surface area (Å²) in [5, 5.41) is 16.8. The predicted octanol–water partition coefficient (Wildman–Crippen LogP) is 2.75. The Balaban J connectivity index is 1.63. The van der Waals surface area contributed by atoms with E-state index in [4.69, 9.17) is 0 Å². The van der Waals surface area contributed by atoms with Gasteiger partial charge in [-0.1, -0.05) is 6.07 Å². The predicted molar refractivity (Wildman–Crippen MR) is 114 cm³/mol. The molecule has 1 fully saturated rings. The summed E-state index contributed by atoms with van der Waals surface area (Å²) >= 11 is 0. The molecule has 2 aliphatic rings. The van der Waals surface area contributed by atoms with Crippen LogP contribution in [0.25, 0.3) is 16.9 Å². The van der Waals surface area contributed by atoms with Gasteiger partial charge in [-0.25, -0.2) is 14.1 Å². The number of nitrogens with one attached hydrogen (secondary N) is 1. The van der Waals surface area contributed by atoms with Crippen molar-refractivity contribution in [1.82, 2.24) is 20.1 Å². The normalized spacial score (nSPS) is 15.8. The second-order valence-electron chi connectivity index (χ2n) is 7.84. The van der Waals surface area contributed by atoms with E-state index in [1.54, 1.807) is 23.0 Å². The molecule has 3 aromatic rings. The van der Waals surface area contributed by atoms with Crippen molar-refractivity contribution >= 4 is 17.5 Å². The lowest BCUT2D eigenvalue weighted by molar-refractivity contribution is -0.117. The first kappa shape index (κ1) is 19.9. The molecule has 8 nitrogen and oxygen atoms in total. The molecule has 2 aromatic heterocycles. The van der Waals surface area contributed by atoms with Gasteiger partial charge in [0.05, 0.1) is 52.9 Å². The molecular formula is C23H19FN6O2. The van der Waals surface area contributed by atoms with Crippen LogP contribution >= 0.6 is 0 Å². The number of nitrogens with zero attached hydrogens (tertiary/aromatic N) is 5. The smallest absolute Gasteiger partial charge is 0.255 e. The zero-order chi connectivity index (χ0) is 22.2. The van der Waals surface area contributed by atoms with E-state index in [1.165, 1.54) is 18.2 Å². The molecule has 32 heavy (non-hydrogen) atoms. The number of fused-ring (bicyclic) bond motifs is 1. The van der Waals surface area contributed by atoms with Crippen LogP contribution in [0, 0.1) is 17.1 Å². The van der Waals surface area contributed by atoms with E-state index in [0.29, 0.717) is 35.7 Å². The van der Waals surface area contributed by atoms with Crippen molar-refractivity contribution in [3.8, 4) is 23.0 Å². The van der Waals surface area contributed by atoms with Gasteiger partial charge in [-0.15, -0.1) is 0 Å². The van der Waals surface area contributed by atoms with Crippen LogP contribution in [0.2, 0.25) is 0 Å². The van der Waals surface area contributed by atoms with E-state index < -0.39 is 5.82 Å². The Hall–Kier alpha value is -4.06. The number of benzene rings is 1. The van der Waals surface area contributed by atoms with Gasteiger partial charge < -0.3 is 10.2 Å². The Morgan fingerprint density at radius 1 is 1.16 bits per heavy atom. The number of hydrogen-bond acceptors (Lipinski definition) is 6. The van der Waals surface area contributed by atoms with E-state index >= 15 is 0 Å². The van der Waals surface area contributed by atoms with Crippen molar-refractivity contribution in [1.29, 1.82) is 5.26 Å². The summed E-state index contributed by atoms with van der Waals surface area (Å²) in [7, 11) is 0. The molecule has 2 aliphatic heterocycles. The zero-order valence-electron chi connectivity index (χ0n) is 17.1. The van der Waals surface area contributed by atoms with E-state index in [2.05, 4.69) is 15.4 Å². The van der Waals surface area contributed by atoms with Gasteiger partial charge in [0.15, 0.2) is 11.6 Å². The van der Waals surface area contributed by atoms with Crippen LogP contribution in [0.15, 0.2) is 36.5 Å². The van der Waals surface area contributed by atoms with Crippen molar-refractivity contribution in [2.75, 3.05) is 18.0 Å². The second kappa shape index (κ2) is 7.89. The average Bonchev–Trinajstić information content (AvgIpc) is 3.36. The summed E-state index contributed by atoms with van der Waals surface area (Å²) in [6.45, 7) is 1.24. The van der Waals surface area contributed by atoms with Crippen molar-refractivity contribution < 1.29 is 14.0 Å². The van der Waals surface area contributed by atoms with Crippen LogP contribution in [-0.2, 0) is 11.3 Å². The maximum atomic E-state index is 14.7. The summed E-state index contributed by atoms with van der Waals surface area (Å²) in [5.41, 5.74) is 1.78. The van der Waals surface area contributed by atoms with Gasteiger partial charge in [-0.3, -0.25) is 9.59 Å². The Labute approximate surface area is 183 Å². The SMILES string of the molecule is N#Cc1cccc(F)c1-c1cc(-n2ccc(N3CCCCC(=O)C3)n2)c2c(n1)CNC2=O. The highest BCUT2D eigenvalue weighted by Gasteiger charge is 2.28. The fourth-order valence-corrected chi connectivity index (χ4v) is 4.21. The minimum Gasteiger partial charge on any atom is -0.348 e. The van der Waals surface area contributed by atoms with E-state index in [9.17, 15) is 19.2 Å². The fourth-order valence-electron chi connectivity index (χ4n) is 4.21. The highest BCUT2D eigenvalue weighted by atomic mass is 19.1. The van der Waals surface area contributed by atoms with Crippen LogP contribution in [0.4, 0.5) is 10.2 Å². The number of halogens is 1. The third-order valence-corrected chi connectivity index (χ3v) is 5.75. The summed E-state index contributed by atoms with van der Waals surface area (Å²) in [5.74, 6) is -0.0458. The molecule has 1 saturated heterocycles. The molecule has 1 aromatic carbocycles. The van der Waals surface area contributed by atoms with Gasteiger partial charge in [-0.2, -0.15) is 10.4 Å². The second-order valence-corrected chi connectivity index (χ2v) is 7.84. The minimum absolute atomic E-state index is 0.0869. The molecule has 1 amide bonds. The van der Waals surface area contributed by atoms with E-state index in [0.717, 1.165) is 19.4 Å². The molecule has 9 heteroatoms. The van der Waals surface area contributed by atoms with Gasteiger partial charge in [0.25, 0.3) is 5.91 Å². The molecular weight excluding hydrogens is 411 g/mol. The van der Waals surface area contributed by atoms with Gasteiger partial charge >= 0.3 is 0 Å². The number of Topliss-reactive ketones (excluding diaryl/α,β-unsaturated/α-hetero) is 1. The third kappa shape index (κ3) is 3.39. The van der Waals surface area contributed by atoms with Crippen LogP contribution in [-0.4, -0.2) is 39.5 Å². The molecule has 0 saturated carbocycles. The Morgan fingerprint density at radius 2 is 2.03 bits per heavy atom. The zero-order valence-corrected chi connectivity index (χ0v) is 17.1. The van der Waals surface area contributed by atoms with Crippen LogP contribution in [0.5, 0.6) is 0 Å². The number of hydrogen-bond donors (Lipinski definition) is 1. The molecule has 160 valence electrons. The van der Waals surface area contributed by atoms with Gasteiger partial charge in [-0.05, 0) is 31.0 Å². The number of aromatic nitrogens is 3. The molecule has 0 unspecified atom stereocenters. The van der Waals surface area contributed by atoms with Crippen molar-refractivity contribution in [3.63, 3.8) is 0 Å². The van der Waals surface area contributed by atoms with Gasteiger partial charge in [0, 0.05) is 25.2 Å². The highest BCUT2D eigenvalue weighted by molar-refractivity contribution is 6.01. The Bertz CT molecular complexity index is 1290. The molecule has 1 N–H and O–H groups in total. The number of nitriles is 1. The third-order valence-electron chi connectivity index (χ3n) is 5.75. The van der Waals surface area contributed by atoms with E-state index in [-0.39, 0.29) is 35.1 Å². The topological polar surface area (TPSA) is 104 Å². The summed E-state index contributed by atoms with van der Waals surface area (Å²) in [6.07, 6.45) is 4.05. The summed E-state index contributed by atoms with van der Waals surface area (Å²) in [6, 6.07) is 9.65. The lowest BCUT2D eigenvalue weighted by Gasteiger charge is -2.18. The number of rotatable bonds is 3. The number of anilines is 1. The number of pyridine rings is 1. The molecule has 0 radical (unpaired) electrons. The molecule has 0 aliphatic carbocycles. The average molecular weight is 430 g/mol. The number of ketones is 1. The maximum Gasteiger partial charge on any atom is 0.255 e. The number of carbonyl (C=O) groups excluding carboxylic acids is 2. The highest BCUT2D eigenvalue weighted by Crippen LogP contribution is 2.31. The molecule has 0 atom stereocenters. The number of carbonyl (C=O) groups is 2. The van der Waals surface area contributed by atoms with E-state index in [1.807, 2.05) is 11.0 Å². The Morgan fingerprint density at radius 3 is 2.88 bits per heavy atom. The first-order chi connectivity index (χ1) is 15.5. The van der Waals surface area contributed by atoms with Crippen molar-refractivity contribution in [3.05, 3.63) is 59.2 Å². The van der Waals surface area contributed by atoms with Crippen LogP contribution in [0.3, 0.4) is 0 Å². The van der Waals surface area contributed by atoms with Crippen LogP contribution < -0.4 is 10.2 Å². The Kier molecular flexibility index (Phi) is 4.90. The van der Waals surface area contributed by atoms with Gasteiger partial charge in [0.1, 0.15) is 5.82 Å². The molecule has 5 rings (SSSR count). The first-order valence-electron chi connectivity index (χ1n) is 10.4. The largest absolute Gasteiger partial charge is 0.348 e. The quantitative estimate of drug-likeness (QED) is 0.685. The molecule has 4 heterocycles. The van der Waals surface area contributed by atoms with Crippen LogP contribution in [0.1, 0.15) is 40.9 Å².